The minimum absolute atomic E-state index is 0.0617. The van der Waals surface area contributed by atoms with Crippen molar-refractivity contribution in [2.24, 2.45) is 0 Å². The normalized spacial score (nSPS) is 16.7. The summed E-state index contributed by atoms with van der Waals surface area (Å²) in [6.07, 6.45) is 1.75. The molecule has 1 saturated heterocycles. The van der Waals surface area contributed by atoms with Gasteiger partial charge in [0.1, 0.15) is 5.75 Å². The summed E-state index contributed by atoms with van der Waals surface area (Å²) in [6, 6.07) is 7.10. The first kappa shape index (κ1) is 18.6. The standard InChI is InChI=1S/C17H24F2N2O3/c1-2-21(12-16(22)23)14-7-9-20(10-8-14)11-13-5-3-4-6-15(13)24-17(18)19/h3-6,14,17H,2,7-12H2,1H3,(H,22,23). The summed E-state index contributed by atoms with van der Waals surface area (Å²) in [5.41, 5.74) is 0.745. The second-order valence-corrected chi connectivity index (χ2v) is 5.95. The van der Waals surface area contributed by atoms with E-state index in [0.717, 1.165) is 31.5 Å². The molecule has 2 rings (SSSR count). The number of hydrogen-bond donors (Lipinski definition) is 1. The van der Waals surface area contributed by atoms with Gasteiger partial charge in [0.05, 0.1) is 6.54 Å². The molecule has 1 N–H and O–H groups in total. The van der Waals surface area contributed by atoms with E-state index in [9.17, 15) is 13.6 Å². The van der Waals surface area contributed by atoms with Gasteiger partial charge >= 0.3 is 12.6 Å². The van der Waals surface area contributed by atoms with Crippen molar-refractivity contribution in [1.29, 1.82) is 0 Å². The van der Waals surface area contributed by atoms with E-state index in [1.54, 1.807) is 18.2 Å². The van der Waals surface area contributed by atoms with Crippen molar-refractivity contribution >= 4 is 5.97 Å². The number of nitrogens with zero attached hydrogens (tertiary/aromatic N) is 2. The number of benzene rings is 1. The zero-order chi connectivity index (χ0) is 17.5. The maximum Gasteiger partial charge on any atom is 0.387 e. The average Bonchev–Trinajstić information content (AvgIpc) is 2.54. The number of rotatable bonds is 8. The molecule has 1 aromatic carbocycles. The Labute approximate surface area is 140 Å². The minimum atomic E-state index is -2.83. The second-order valence-electron chi connectivity index (χ2n) is 5.95. The second kappa shape index (κ2) is 8.94. The highest BCUT2D eigenvalue weighted by atomic mass is 19.3. The number of likely N-dealkylation sites (N-methyl/N-ethyl adjacent to an activating group) is 1. The van der Waals surface area contributed by atoms with E-state index in [0.29, 0.717) is 13.1 Å². The number of hydrogen-bond acceptors (Lipinski definition) is 4. The molecule has 7 heteroatoms. The topological polar surface area (TPSA) is 53.0 Å². The first-order valence-electron chi connectivity index (χ1n) is 8.20. The number of ether oxygens (including phenoxy) is 1. The Morgan fingerprint density at radius 1 is 1.38 bits per heavy atom. The molecule has 0 aromatic heterocycles. The SMILES string of the molecule is CCN(CC(=O)O)C1CCN(Cc2ccccc2OC(F)F)CC1. The fraction of sp³-hybridized carbons (Fsp3) is 0.588. The number of carboxylic acid groups (broad SMARTS) is 1. The third-order valence-electron chi connectivity index (χ3n) is 4.40. The zero-order valence-corrected chi connectivity index (χ0v) is 13.8. The van der Waals surface area contributed by atoms with E-state index >= 15 is 0 Å². The quantitative estimate of drug-likeness (QED) is 0.787. The number of likely N-dealkylation sites (tertiary alicyclic amines) is 1. The lowest BCUT2D eigenvalue weighted by molar-refractivity contribution is -0.139. The van der Waals surface area contributed by atoms with Gasteiger partial charge in [-0.1, -0.05) is 25.1 Å². The first-order valence-corrected chi connectivity index (χ1v) is 8.20. The third-order valence-corrected chi connectivity index (χ3v) is 4.40. The summed E-state index contributed by atoms with van der Waals surface area (Å²) >= 11 is 0. The van der Waals surface area contributed by atoms with Crippen molar-refractivity contribution < 1.29 is 23.4 Å². The molecular formula is C17H24F2N2O3. The van der Waals surface area contributed by atoms with E-state index in [1.807, 2.05) is 17.9 Å². The Morgan fingerprint density at radius 2 is 2.04 bits per heavy atom. The molecule has 0 bridgehead atoms. The molecule has 0 amide bonds. The minimum Gasteiger partial charge on any atom is -0.480 e. The van der Waals surface area contributed by atoms with Crippen molar-refractivity contribution in [3.8, 4) is 5.75 Å². The van der Waals surface area contributed by atoms with Crippen LogP contribution in [0.4, 0.5) is 8.78 Å². The van der Waals surface area contributed by atoms with E-state index in [4.69, 9.17) is 5.11 Å². The van der Waals surface area contributed by atoms with Crippen LogP contribution in [0.3, 0.4) is 0 Å². The van der Waals surface area contributed by atoms with Gasteiger partial charge in [-0.3, -0.25) is 14.6 Å². The van der Waals surface area contributed by atoms with Gasteiger partial charge in [-0.2, -0.15) is 8.78 Å². The first-order chi connectivity index (χ1) is 11.5. The van der Waals surface area contributed by atoms with Crippen LogP contribution in [-0.4, -0.2) is 59.7 Å². The van der Waals surface area contributed by atoms with E-state index in [1.165, 1.54) is 0 Å². The molecule has 0 radical (unpaired) electrons. The fourth-order valence-electron chi connectivity index (χ4n) is 3.20. The maximum absolute atomic E-state index is 12.5. The van der Waals surface area contributed by atoms with E-state index < -0.39 is 12.6 Å². The van der Waals surface area contributed by atoms with Crippen LogP contribution in [-0.2, 0) is 11.3 Å². The van der Waals surface area contributed by atoms with Gasteiger partial charge in [-0.05, 0) is 38.5 Å². The predicted molar refractivity (Wildman–Crippen MR) is 86.3 cm³/mol. The van der Waals surface area contributed by atoms with Crippen LogP contribution in [0.5, 0.6) is 5.75 Å². The Morgan fingerprint density at radius 3 is 2.62 bits per heavy atom. The van der Waals surface area contributed by atoms with Gasteiger partial charge in [-0.25, -0.2) is 0 Å². The molecule has 5 nitrogen and oxygen atoms in total. The number of carboxylic acids is 1. The zero-order valence-electron chi connectivity index (χ0n) is 13.8. The fourth-order valence-corrected chi connectivity index (χ4v) is 3.20. The van der Waals surface area contributed by atoms with Gasteiger partial charge in [0.2, 0.25) is 0 Å². The van der Waals surface area contributed by atoms with Gasteiger partial charge in [0.25, 0.3) is 0 Å². The number of piperidine rings is 1. The summed E-state index contributed by atoms with van der Waals surface area (Å²) in [7, 11) is 0. The molecule has 1 aliphatic rings. The van der Waals surface area contributed by atoms with Gasteiger partial charge < -0.3 is 9.84 Å². The van der Waals surface area contributed by atoms with Crippen LogP contribution in [0.2, 0.25) is 0 Å². The van der Waals surface area contributed by atoms with Crippen molar-refractivity contribution in [2.45, 2.75) is 39.0 Å². The molecule has 1 fully saturated rings. The van der Waals surface area contributed by atoms with Crippen LogP contribution in [0.15, 0.2) is 24.3 Å². The van der Waals surface area contributed by atoms with Gasteiger partial charge in [-0.15, -0.1) is 0 Å². The monoisotopic (exact) mass is 342 g/mol. The summed E-state index contributed by atoms with van der Waals surface area (Å²) in [5, 5.41) is 8.97. The van der Waals surface area contributed by atoms with Crippen LogP contribution in [0.1, 0.15) is 25.3 Å². The summed E-state index contributed by atoms with van der Waals surface area (Å²) in [4.78, 5) is 15.1. The molecule has 0 aliphatic carbocycles. The molecule has 0 saturated carbocycles. The number of aliphatic carboxylic acids is 1. The number of halogens is 2. The number of carbonyl (C=O) groups is 1. The van der Waals surface area contributed by atoms with Crippen molar-refractivity contribution in [3.05, 3.63) is 29.8 Å². The van der Waals surface area contributed by atoms with Gasteiger partial charge in [0, 0.05) is 18.2 Å². The molecular weight excluding hydrogens is 318 g/mol. The Bertz CT molecular complexity index is 534. The molecule has 0 spiro atoms. The van der Waals surface area contributed by atoms with Crippen LogP contribution < -0.4 is 4.74 Å². The summed E-state index contributed by atoms with van der Waals surface area (Å²) in [6.45, 7) is 2.08. The molecule has 134 valence electrons. The Hall–Kier alpha value is -1.73. The molecule has 1 aliphatic heterocycles. The van der Waals surface area contributed by atoms with Crippen LogP contribution >= 0.6 is 0 Å². The average molecular weight is 342 g/mol. The van der Waals surface area contributed by atoms with Crippen molar-refractivity contribution in [1.82, 2.24) is 9.80 Å². The maximum atomic E-state index is 12.5. The summed E-state index contributed by atoms with van der Waals surface area (Å²) < 4.78 is 29.5. The molecule has 1 heterocycles. The lowest BCUT2D eigenvalue weighted by Crippen LogP contribution is -2.46. The molecule has 0 atom stereocenters. The lowest BCUT2D eigenvalue weighted by Gasteiger charge is -2.37. The number of para-hydroxylation sites is 1. The smallest absolute Gasteiger partial charge is 0.387 e. The predicted octanol–water partition coefficient (Wildman–Crippen LogP) is 2.66. The molecule has 1 aromatic rings. The number of alkyl halides is 2. The summed E-state index contributed by atoms with van der Waals surface area (Å²) in [5.74, 6) is -0.590. The highest BCUT2D eigenvalue weighted by Crippen LogP contribution is 2.24. The highest BCUT2D eigenvalue weighted by Gasteiger charge is 2.25. The molecule has 24 heavy (non-hydrogen) atoms. The van der Waals surface area contributed by atoms with Crippen LogP contribution in [0.25, 0.3) is 0 Å². The highest BCUT2D eigenvalue weighted by molar-refractivity contribution is 5.69. The van der Waals surface area contributed by atoms with Gasteiger partial charge in [0.15, 0.2) is 0 Å². The Kier molecular flexibility index (Phi) is 6.93. The van der Waals surface area contributed by atoms with E-state index in [2.05, 4.69) is 9.64 Å². The van der Waals surface area contributed by atoms with E-state index in [-0.39, 0.29) is 18.3 Å². The largest absolute Gasteiger partial charge is 0.480 e. The lowest BCUT2D eigenvalue weighted by atomic mass is 10.0. The van der Waals surface area contributed by atoms with Crippen molar-refractivity contribution in [2.75, 3.05) is 26.2 Å². The Balaban J connectivity index is 1.90. The van der Waals surface area contributed by atoms with Crippen LogP contribution in [0, 0.1) is 0 Å². The van der Waals surface area contributed by atoms with Crippen molar-refractivity contribution in [3.63, 3.8) is 0 Å². The third kappa shape index (κ3) is 5.42. The molecule has 0 unspecified atom stereocenters.